The zero-order valence-electron chi connectivity index (χ0n) is 18.6. The maximum Gasteiger partial charge on any atom is 0.309 e. The molecule has 2 aliphatic rings. The molecule has 2 aliphatic heterocycles. The number of hydrogen-bond donors (Lipinski definition) is 0. The maximum absolute atomic E-state index is 12.4. The van der Waals surface area contributed by atoms with E-state index in [-0.39, 0.29) is 23.3 Å². The third-order valence-corrected chi connectivity index (χ3v) is 7.81. The minimum Gasteiger partial charge on any atom is -0.469 e. The van der Waals surface area contributed by atoms with Crippen LogP contribution in [-0.2, 0) is 16.0 Å². The average molecular weight is 429 g/mol. The fourth-order valence-corrected chi connectivity index (χ4v) is 5.71. The van der Waals surface area contributed by atoms with Gasteiger partial charge in [0.1, 0.15) is 0 Å². The average Bonchev–Trinajstić information content (AvgIpc) is 3.41. The molecule has 0 spiro atoms. The smallest absolute Gasteiger partial charge is 0.309 e. The lowest BCUT2D eigenvalue weighted by molar-refractivity contribution is -0.149. The molecule has 0 radical (unpaired) electrons. The monoisotopic (exact) mass is 428 g/mol. The molecule has 0 N–H and O–H groups in total. The molecular formula is C23H32N4O2S. The van der Waals surface area contributed by atoms with Gasteiger partial charge in [0.05, 0.1) is 24.1 Å². The number of pyridine rings is 1. The van der Waals surface area contributed by atoms with Gasteiger partial charge in [-0.1, -0.05) is 20.8 Å². The van der Waals surface area contributed by atoms with E-state index in [0.29, 0.717) is 5.92 Å². The number of thioether (sulfide) groups is 1. The van der Waals surface area contributed by atoms with Gasteiger partial charge >= 0.3 is 5.97 Å². The van der Waals surface area contributed by atoms with Gasteiger partial charge in [-0.25, -0.2) is 9.67 Å². The lowest BCUT2D eigenvalue weighted by Gasteiger charge is -2.44. The van der Waals surface area contributed by atoms with Gasteiger partial charge < -0.3 is 4.74 Å². The fraction of sp³-hybridized carbons (Fsp3) is 0.609. The van der Waals surface area contributed by atoms with E-state index in [0.717, 1.165) is 43.1 Å². The van der Waals surface area contributed by atoms with Crippen LogP contribution in [0.25, 0.3) is 5.82 Å². The van der Waals surface area contributed by atoms with Crippen molar-refractivity contribution in [3.05, 3.63) is 35.8 Å². The number of likely N-dealkylation sites (tertiary alicyclic amines) is 1. The third kappa shape index (κ3) is 4.14. The molecule has 7 heteroatoms. The Kier molecular flexibility index (Phi) is 5.95. The Balaban J connectivity index is 1.57. The van der Waals surface area contributed by atoms with Crippen molar-refractivity contribution in [3.63, 3.8) is 0 Å². The summed E-state index contributed by atoms with van der Waals surface area (Å²) < 4.78 is 7.01. The number of hydrogen-bond acceptors (Lipinski definition) is 6. The Bertz CT molecular complexity index is 920. The summed E-state index contributed by atoms with van der Waals surface area (Å²) in [4.78, 5) is 20.6. The largest absolute Gasteiger partial charge is 0.469 e. The van der Waals surface area contributed by atoms with Crippen molar-refractivity contribution in [2.45, 2.75) is 51.5 Å². The number of ether oxygens (including phenoxy) is 1. The van der Waals surface area contributed by atoms with Crippen molar-refractivity contribution in [2.24, 2.45) is 17.3 Å². The Hall–Kier alpha value is -1.86. The molecule has 30 heavy (non-hydrogen) atoms. The van der Waals surface area contributed by atoms with Crippen LogP contribution < -0.4 is 0 Å². The topological polar surface area (TPSA) is 60.2 Å². The molecule has 6 nitrogen and oxygen atoms in total. The van der Waals surface area contributed by atoms with Crippen LogP contribution >= 0.6 is 11.8 Å². The molecule has 4 heterocycles. The fourth-order valence-electron chi connectivity index (χ4n) is 4.55. The van der Waals surface area contributed by atoms with Gasteiger partial charge in [0.15, 0.2) is 5.82 Å². The van der Waals surface area contributed by atoms with E-state index < -0.39 is 0 Å². The number of aryl methyl sites for hydroxylation is 1. The van der Waals surface area contributed by atoms with E-state index in [1.54, 1.807) is 0 Å². The maximum atomic E-state index is 12.4. The van der Waals surface area contributed by atoms with Crippen LogP contribution in [-0.4, -0.2) is 51.6 Å². The van der Waals surface area contributed by atoms with Gasteiger partial charge in [0, 0.05) is 42.8 Å². The molecule has 1 unspecified atom stereocenters. The highest BCUT2D eigenvalue weighted by Crippen LogP contribution is 2.39. The first kappa shape index (κ1) is 21.4. The zero-order chi connectivity index (χ0) is 21.5. The first-order valence-electron chi connectivity index (χ1n) is 10.8. The van der Waals surface area contributed by atoms with Gasteiger partial charge in [-0.3, -0.25) is 9.69 Å². The number of piperidine rings is 1. The highest BCUT2D eigenvalue weighted by Gasteiger charge is 2.39. The summed E-state index contributed by atoms with van der Waals surface area (Å²) in [6, 6.07) is 2.28. The lowest BCUT2D eigenvalue weighted by atomic mass is 9.73. The number of rotatable bonds is 4. The number of esters is 1. The first-order valence-corrected chi connectivity index (χ1v) is 11.7. The molecular weight excluding hydrogens is 396 g/mol. The molecule has 0 aromatic carbocycles. The third-order valence-electron chi connectivity index (χ3n) is 6.67. The standard InChI is InChI=1S/C23H32N4O2S/c1-15(26-12-17(22(28)29-5)10-19(14-26)23(2,3)4)18-11-25-27(13-18)21-20-16(6-8-24-21)7-9-30-20/h6,8,11,13,15,17,19H,7,9-10,12,14H2,1-5H3/t15?,17-,19-/m1/s1. The summed E-state index contributed by atoms with van der Waals surface area (Å²) >= 11 is 1.86. The predicted octanol–water partition coefficient (Wildman–Crippen LogP) is 4.13. The second kappa shape index (κ2) is 8.35. The second-order valence-corrected chi connectivity index (χ2v) is 10.7. The molecule has 1 saturated heterocycles. The summed E-state index contributed by atoms with van der Waals surface area (Å²) in [5.41, 5.74) is 2.65. The molecule has 0 aliphatic carbocycles. The van der Waals surface area contributed by atoms with Gasteiger partial charge in [-0.15, -0.1) is 11.8 Å². The number of aromatic nitrogens is 3. The summed E-state index contributed by atoms with van der Waals surface area (Å²) in [6.45, 7) is 10.7. The lowest BCUT2D eigenvalue weighted by Crippen LogP contribution is -2.47. The normalized spacial score (nSPS) is 23.2. The van der Waals surface area contributed by atoms with Crippen LogP contribution in [0.3, 0.4) is 0 Å². The molecule has 162 valence electrons. The quantitative estimate of drug-likeness (QED) is 0.683. The van der Waals surface area contributed by atoms with Crippen molar-refractivity contribution in [3.8, 4) is 5.82 Å². The number of nitrogens with zero attached hydrogens (tertiary/aromatic N) is 4. The zero-order valence-corrected chi connectivity index (χ0v) is 19.4. The van der Waals surface area contributed by atoms with Crippen molar-refractivity contribution >= 4 is 17.7 Å². The van der Waals surface area contributed by atoms with Crippen LogP contribution in [0.2, 0.25) is 0 Å². The van der Waals surface area contributed by atoms with Crippen LogP contribution in [0.5, 0.6) is 0 Å². The van der Waals surface area contributed by atoms with E-state index >= 15 is 0 Å². The molecule has 0 saturated carbocycles. The Morgan fingerprint density at radius 1 is 1.33 bits per heavy atom. The van der Waals surface area contributed by atoms with Crippen LogP contribution in [0.1, 0.15) is 51.3 Å². The first-order chi connectivity index (χ1) is 14.3. The van der Waals surface area contributed by atoms with Gasteiger partial charge in [-0.05, 0) is 42.7 Å². The van der Waals surface area contributed by atoms with E-state index in [4.69, 9.17) is 4.74 Å². The predicted molar refractivity (Wildman–Crippen MR) is 119 cm³/mol. The summed E-state index contributed by atoms with van der Waals surface area (Å²) in [5.74, 6) is 2.28. The summed E-state index contributed by atoms with van der Waals surface area (Å²) in [7, 11) is 1.49. The van der Waals surface area contributed by atoms with E-state index in [9.17, 15) is 4.79 Å². The molecule has 4 rings (SSSR count). The van der Waals surface area contributed by atoms with Crippen LogP contribution in [0.15, 0.2) is 29.6 Å². The Morgan fingerprint density at radius 3 is 2.87 bits per heavy atom. The number of carbonyl (C=O) groups is 1. The van der Waals surface area contributed by atoms with Crippen molar-refractivity contribution < 1.29 is 9.53 Å². The number of fused-ring (bicyclic) bond motifs is 1. The minimum atomic E-state index is -0.0991. The second-order valence-electron chi connectivity index (χ2n) is 9.59. The summed E-state index contributed by atoms with van der Waals surface area (Å²) in [6.07, 6.45) is 7.90. The molecule has 2 aromatic rings. The van der Waals surface area contributed by atoms with Crippen LogP contribution in [0, 0.1) is 17.3 Å². The summed E-state index contributed by atoms with van der Waals surface area (Å²) in [5, 5.41) is 4.64. The molecule has 3 atom stereocenters. The molecule has 0 bridgehead atoms. The highest BCUT2D eigenvalue weighted by atomic mass is 32.2. The number of carbonyl (C=O) groups excluding carboxylic acids is 1. The molecule has 2 aromatic heterocycles. The van der Waals surface area contributed by atoms with E-state index in [1.807, 2.05) is 28.8 Å². The molecule has 0 amide bonds. The van der Waals surface area contributed by atoms with Crippen molar-refractivity contribution in [1.82, 2.24) is 19.7 Å². The van der Waals surface area contributed by atoms with E-state index in [1.165, 1.54) is 17.6 Å². The SMILES string of the molecule is COC(=O)[C@@H]1C[C@@H](C(C)(C)C)CN(C(C)c2cnn(-c3nccc4c3SCC4)c2)C1. The van der Waals surface area contributed by atoms with Gasteiger partial charge in [-0.2, -0.15) is 5.10 Å². The minimum absolute atomic E-state index is 0.0825. The van der Waals surface area contributed by atoms with Gasteiger partial charge in [0.2, 0.25) is 0 Å². The van der Waals surface area contributed by atoms with Crippen LogP contribution in [0.4, 0.5) is 0 Å². The van der Waals surface area contributed by atoms with E-state index in [2.05, 4.69) is 54.9 Å². The Labute approximate surface area is 183 Å². The highest BCUT2D eigenvalue weighted by molar-refractivity contribution is 7.99. The number of methoxy groups -OCH3 is 1. The van der Waals surface area contributed by atoms with Gasteiger partial charge in [0.25, 0.3) is 0 Å². The Morgan fingerprint density at radius 2 is 2.13 bits per heavy atom. The molecule has 1 fully saturated rings. The van der Waals surface area contributed by atoms with Crippen molar-refractivity contribution in [1.29, 1.82) is 0 Å². The van der Waals surface area contributed by atoms with Crippen molar-refractivity contribution in [2.75, 3.05) is 26.0 Å².